The molecule has 9 aromatic carbocycles. The van der Waals surface area contributed by atoms with Crippen LogP contribution in [0, 0.1) is 0 Å². The van der Waals surface area contributed by atoms with Crippen molar-refractivity contribution in [3.8, 4) is 56.7 Å². The van der Waals surface area contributed by atoms with Crippen LogP contribution >= 0.6 is 0 Å². The van der Waals surface area contributed by atoms with E-state index in [2.05, 4.69) is 179 Å². The minimum Gasteiger partial charge on any atom is -0.456 e. The number of aromatic nitrogens is 5. The van der Waals surface area contributed by atoms with Crippen LogP contribution in [0.2, 0.25) is 0 Å². The average Bonchev–Trinajstić information content (AvgIpc) is 4.02. The van der Waals surface area contributed by atoms with Crippen molar-refractivity contribution >= 4 is 65.6 Å². The highest BCUT2D eigenvalue weighted by atomic mass is 16.3. The summed E-state index contributed by atoms with van der Waals surface area (Å²) >= 11 is 0. The Kier molecular flexibility index (Phi) is 7.80. The summed E-state index contributed by atoms with van der Waals surface area (Å²) in [4.78, 5) is 15.8. The van der Waals surface area contributed by atoms with E-state index >= 15 is 0 Å². The van der Waals surface area contributed by atoms with Gasteiger partial charge in [0.2, 0.25) is 5.95 Å². The minimum absolute atomic E-state index is 0.538. The quantitative estimate of drug-likeness (QED) is 0.168. The molecule has 0 atom stereocenters. The largest absolute Gasteiger partial charge is 0.456 e. The van der Waals surface area contributed by atoms with Crippen LogP contribution in [0.4, 0.5) is 0 Å². The van der Waals surface area contributed by atoms with E-state index in [9.17, 15) is 0 Å². The smallest absolute Gasteiger partial charge is 0.238 e. The first-order chi connectivity index (χ1) is 31.2. The zero-order valence-corrected chi connectivity index (χ0v) is 33.9. The molecule has 0 saturated carbocycles. The molecule has 13 rings (SSSR count). The number of rotatable bonds is 6. The van der Waals surface area contributed by atoms with Gasteiger partial charge in [-0.3, -0.25) is 4.57 Å². The summed E-state index contributed by atoms with van der Waals surface area (Å²) in [5, 5.41) is 6.64. The Bertz CT molecular complexity index is 3850. The van der Waals surface area contributed by atoms with E-state index < -0.39 is 0 Å². The molecule has 0 amide bonds. The van der Waals surface area contributed by atoms with Crippen LogP contribution < -0.4 is 0 Å². The van der Waals surface area contributed by atoms with Gasteiger partial charge in [0.15, 0.2) is 11.6 Å². The molecule has 0 saturated heterocycles. The summed E-state index contributed by atoms with van der Waals surface area (Å²) in [5.74, 6) is 1.69. The first-order valence-electron chi connectivity index (χ1n) is 21.2. The molecule has 13 aromatic rings. The Hall–Kier alpha value is -8.61. The second-order valence-corrected chi connectivity index (χ2v) is 16.0. The minimum atomic E-state index is 0.538. The standard InChI is InChI=1S/C57H35N5O/c1-4-16-36(17-5-1)40-32-41(37-18-6-2-7-19-37)34-42(33-40)61-49-26-14-11-24-47(49)53-50(61)31-30-46-43-22-10-13-25-48(43)62(54(46)53)57-59-55(38-20-8-3-9-21-38)58-56(60-57)39-28-29-45-44-23-12-15-27-51(44)63-52(45)35-39/h1-35H. The van der Waals surface area contributed by atoms with Gasteiger partial charge in [0.1, 0.15) is 11.2 Å². The van der Waals surface area contributed by atoms with Crippen molar-refractivity contribution in [3.63, 3.8) is 0 Å². The van der Waals surface area contributed by atoms with E-state index in [4.69, 9.17) is 19.4 Å². The van der Waals surface area contributed by atoms with Crippen LogP contribution in [0.15, 0.2) is 217 Å². The third-order valence-electron chi connectivity index (χ3n) is 12.4. The molecular weight excluding hydrogens is 771 g/mol. The molecule has 0 spiro atoms. The SMILES string of the molecule is c1ccc(-c2cc(-c3ccccc3)cc(-n3c4ccccc4c4c3ccc3c5ccccc5n(-c5nc(-c6ccccc6)nc(-c6ccc7c(c6)oc6ccccc67)n5)c34)c2)cc1. The fourth-order valence-electron chi connectivity index (χ4n) is 9.50. The monoisotopic (exact) mass is 805 g/mol. The molecule has 0 aliphatic carbocycles. The van der Waals surface area contributed by atoms with Gasteiger partial charge in [-0.15, -0.1) is 0 Å². The number of nitrogens with zero attached hydrogens (tertiary/aromatic N) is 5. The second kappa shape index (κ2) is 14.0. The number of furan rings is 1. The molecule has 0 unspecified atom stereocenters. The summed E-state index contributed by atoms with van der Waals surface area (Å²) in [5.41, 5.74) is 13.4. The van der Waals surface area contributed by atoms with E-state index in [0.29, 0.717) is 17.6 Å². The lowest BCUT2D eigenvalue weighted by atomic mass is 9.98. The van der Waals surface area contributed by atoms with Gasteiger partial charge in [-0.1, -0.05) is 158 Å². The predicted molar refractivity (Wildman–Crippen MR) is 258 cm³/mol. The molecule has 0 radical (unpaired) electrons. The van der Waals surface area contributed by atoms with Gasteiger partial charge in [0, 0.05) is 49.1 Å². The van der Waals surface area contributed by atoms with Gasteiger partial charge in [-0.2, -0.15) is 9.97 Å². The Morgan fingerprint density at radius 3 is 1.56 bits per heavy atom. The first kappa shape index (κ1) is 35.2. The molecule has 6 nitrogen and oxygen atoms in total. The van der Waals surface area contributed by atoms with E-state index in [1.165, 1.54) is 11.1 Å². The number of para-hydroxylation sites is 3. The lowest BCUT2D eigenvalue weighted by Crippen LogP contribution is -2.06. The van der Waals surface area contributed by atoms with Crippen molar-refractivity contribution in [2.75, 3.05) is 0 Å². The Labute approximate surface area is 361 Å². The molecular formula is C57H35N5O. The van der Waals surface area contributed by atoms with Crippen molar-refractivity contribution in [2.45, 2.75) is 0 Å². The molecule has 0 fully saturated rings. The zero-order valence-electron chi connectivity index (χ0n) is 33.9. The fraction of sp³-hybridized carbons (Fsp3) is 0. The lowest BCUT2D eigenvalue weighted by Gasteiger charge is -2.14. The third kappa shape index (κ3) is 5.62. The maximum Gasteiger partial charge on any atom is 0.238 e. The van der Waals surface area contributed by atoms with Gasteiger partial charge < -0.3 is 8.98 Å². The number of benzene rings is 9. The van der Waals surface area contributed by atoms with Gasteiger partial charge in [0.05, 0.1) is 22.1 Å². The molecule has 6 heteroatoms. The van der Waals surface area contributed by atoms with Crippen LogP contribution in [-0.2, 0) is 0 Å². The van der Waals surface area contributed by atoms with Crippen molar-refractivity contribution in [1.29, 1.82) is 0 Å². The summed E-state index contributed by atoms with van der Waals surface area (Å²) in [6.07, 6.45) is 0. The summed E-state index contributed by atoms with van der Waals surface area (Å²) < 4.78 is 11.0. The molecule has 0 aliphatic heterocycles. The van der Waals surface area contributed by atoms with Crippen molar-refractivity contribution in [3.05, 3.63) is 212 Å². The maximum atomic E-state index is 6.36. The van der Waals surface area contributed by atoms with Crippen LogP contribution in [0.25, 0.3) is 122 Å². The average molecular weight is 806 g/mol. The van der Waals surface area contributed by atoms with Crippen LogP contribution in [-0.4, -0.2) is 24.1 Å². The number of hydrogen-bond acceptors (Lipinski definition) is 4. The normalized spacial score (nSPS) is 11.8. The van der Waals surface area contributed by atoms with E-state index in [0.717, 1.165) is 93.5 Å². The topological polar surface area (TPSA) is 61.7 Å². The van der Waals surface area contributed by atoms with E-state index in [1.54, 1.807) is 0 Å². The van der Waals surface area contributed by atoms with Crippen LogP contribution in [0.1, 0.15) is 0 Å². The van der Waals surface area contributed by atoms with Gasteiger partial charge in [-0.05, 0) is 76.9 Å². The third-order valence-corrected chi connectivity index (χ3v) is 12.4. The van der Waals surface area contributed by atoms with Gasteiger partial charge in [-0.25, -0.2) is 4.98 Å². The molecule has 0 bridgehead atoms. The fourth-order valence-corrected chi connectivity index (χ4v) is 9.50. The Morgan fingerprint density at radius 1 is 0.317 bits per heavy atom. The van der Waals surface area contributed by atoms with Gasteiger partial charge >= 0.3 is 0 Å². The second-order valence-electron chi connectivity index (χ2n) is 16.0. The first-order valence-corrected chi connectivity index (χ1v) is 21.2. The highest BCUT2D eigenvalue weighted by Gasteiger charge is 2.24. The highest BCUT2D eigenvalue weighted by molar-refractivity contribution is 6.26. The molecule has 4 aromatic heterocycles. The maximum absolute atomic E-state index is 6.36. The number of fused-ring (bicyclic) bond motifs is 10. The Morgan fingerprint density at radius 2 is 0.857 bits per heavy atom. The predicted octanol–water partition coefficient (Wildman–Crippen LogP) is 14.6. The molecule has 4 heterocycles. The summed E-state index contributed by atoms with van der Waals surface area (Å²) in [7, 11) is 0. The summed E-state index contributed by atoms with van der Waals surface area (Å²) in [6.45, 7) is 0. The van der Waals surface area contributed by atoms with E-state index in [-0.39, 0.29) is 0 Å². The molecule has 0 aliphatic rings. The Balaban J connectivity index is 1.11. The van der Waals surface area contributed by atoms with Crippen LogP contribution in [0.5, 0.6) is 0 Å². The van der Waals surface area contributed by atoms with Crippen molar-refractivity contribution < 1.29 is 4.42 Å². The van der Waals surface area contributed by atoms with Crippen LogP contribution in [0.3, 0.4) is 0 Å². The molecule has 0 N–H and O–H groups in total. The highest BCUT2D eigenvalue weighted by Crippen LogP contribution is 2.43. The molecule has 63 heavy (non-hydrogen) atoms. The van der Waals surface area contributed by atoms with Crippen molar-refractivity contribution in [1.82, 2.24) is 24.1 Å². The van der Waals surface area contributed by atoms with Crippen molar-refractivity contribution in [2.24, 2.45) is 0 Å². The van der Waals surface area contributed by atoms with Gasteiger partial charge in [0.25, 0.3) is 0 Å². The summed E-state index contributed by atoms with van der Waals surface area (Å²) in [6, 6.07) is 74.6. The zero-order chi connectivity index (χ0) is 41.4. The lowest BCUT2D eigenvalue weighted by molar-refractivity contribution is 0.669. The number of hydrogen-bond donors (Lipinski definition) is 0. The van der Waals surface area contributed by atoms with E-state index in [1.807, 2.05) is 42.5 Å². The molecule has 294 valence electrons.